The Morgan fingerprint density at radius 2 is 0.714 bits per heavy atom. The third-order valence-corrected chi connectivity index (χ3v) is 14.6. The smallest absolute Gasteiger partial charge is 0.143 e. The van der Waals surface area contributed by atoms with E-state index in [1.54, 1.807) is 0 Å². The standard InChI is InChI=1S/C67H43NO2/c1-3-16-44(17-4-1)45-34-40-50(41-35-45)68(51-42-36-47(37-43-51)53-24-14-26-57-55-21-9-12-31-63(55)70-66(53)57)61-29-15-28-60-64(61)58-22-7-10-27-59(58)67(60,48-18-5-2-6-19-48)49-38-32-46(33-39-49)52-23-13-25-56-54-20-8-11-30-62(54)69-65(52)56/h1-43H. The van der Waals surface area contributed by atoms with Crippen molar-refractivity contribution in [2.45, 2.75) is 5.41 Å². The molecule has 2 aromatic heterocycles. The predicted molar refractivity (Wildman–Crippen MR) is 289 cm³/mol. The number of furan rings is 2. The molecule has 0 saturated carbocycles. The van der Waals surface area contributed by atoms with Gasteiger partial charge in [0, 0.05) is 49.6 Å². The molecule has 0 N–H and O–H groups in total. The molecule has 1 aliphatic carbocycles. The number of anilines is 3. The Hall–Kier alpha value is -9.18. The number of rotatable bonds is 8. The van der Waals surface area contributed by atoms with Gasteiger partial charge in [-0.25, -0.2) is 0 Å². The maximum absolute atomic E-state index is 6.54. The highest BCUT2D eigenvalue weighted by molar-refractivity contribution is 6.11. The summed E-state index contributed by atoms with van der Waals surface area (Å²) >= 11 is 0. The molecule has 1 aliphatic rings. The average Bonchev–Trinajstić information content (AvgIpc) is 4.11. The molecule has 0 amide bonds. The van der Waals surface area contributed by atoms with Crippen LogP contribution < -0.4 is 4.90 Å². The molecule has 3 heteroatoms. The van der Waals surface area contributed by atoms with E-state index in [0.29, 0.717) is 0 Å². The van der Waals surface area contributed by atoms with Crippen LogP contribution in [0.1, 0.15) is 22.3 Å². The highest BCUT2D eigenvalue weighted by Crippen LogP contribution is 2.60. The van der Waals surface area contributed by atoms with E-state index < -0.39 is 5.41 Å². The highest BCUT2D eigenvalue weighted by atomic mass is 16.3. The van der Waals surface area contributed by atoms with Crippen LogP contribution in [0.25, 0.3) is 88.4 Å². The lowest BCUT2D eigenvalue weighted by Crippen LogP contribution is -2.28. The monoisotopic (exact) mass is 893 g/mol. The summed E-state index contributed by atoms with van der Waals surface area (Å²) in [6.07, 6.45) is 0. The topological polar surface area (TPSA) is 29.5 Å². The second-order valence-electron chi connectivity index (χ2n) is 18.3. The van der Waals surface area contributed by atoms with Gasteiger partial charge in [0.1, 0.15) is 22.3 Å². The van der Waals surface area contributed by atoms with Crippen molar-refractivity contribution < 1.29 is 8.83 Å². The van der Waals surface area contributed by atoms with Crippen LogP contribution in [0.5, 0.6) is 0 Å². The third kappa shape index (κ3) is 6.08. The molecule has 2 heterocycles. The van der Waals surface area contributed by atoms with Crippen molar-refractivity contribution in [1.29, 1.82) is 0 Å². The minimum atomic E-state index is -0.620. The molecule has 328 valence electrons. The molecular formula is C67H43NO2. The largest absolute Gasteiger partial charge is 0.455 e. The Labute approximate surface area is 405 Å². The van der Waals surface area contributed by atoms with Crippen LogP contribution in [-0.2, 0) is 5.41 Å². The summed E-state index contributed by atoms with van der Waals surface area (Å²) in [7, 11) is 0. The minimum Gasteiger partial charge on any atom is -0.455 e. The fourth-order valence-corrected chi connectivity index (χ4v) is 11.5. The van der Waals surface area contributed by atoms with Gasteiger partial charge in [-0.2, -0.15) is 0 Å². The van der Waals surface area contributed by atoms with Gasteiger partial charge in [0.2, 0.25) is 0 Å². The van der Waals surface area contributed by atoms with Gasteiger partial charge in [0.15, 0.2) is 0 Å². The van der Waals surface area contributed by atoms with Crippen molar-refractivity contribution in [2.24, 2.45) is 0 Å². The summed E-state index contributed by atoms with van der Waals surface area (Å²) in [5.41, 5.74) is 20.3. The van der Waals surface area contributed by atoms with E-state index in [1.165, 1.54) is 44.5 Å². The molecule has 70 heavy (non-hydrogen) atoms. The molecule has 0 bridgehead atoms. The zero-order valence-corrected chi connectivity index (χ0v) is 38.1. The van der Waals surface area contributed by atoms with Crippen molar-refractivity contribution in [3.63, 3.8) is 0 Å². The Bertz CT molecular complexity index is 4090. The lowest BCUT2D eigenvalue weighted by Gasteiger charge is -2.34. The lowest BCUT2D eigenvalue weighted by molar-refractivity contribution is 0.669. The van der Waals surface area contributed by atoms with Crippen LogP contribution in [0, 0.1) is 0 Å². The van der Waals surface area contributed by atoms with E-state index in [0.717, 1.165) is 83.2 Å². The molecule has 13 aromatic rings. The Morgan fingerprint density at radius 1 is 0.286 bits per heavy atom. The number of hydrogen-bond donors (Lipinski definition) is 0. The number of benzene rings is 11. The summed E-state index contributed by atoms with van der Waals surface area (Å²) < 4.78 is 13.1. The van der Waals surface area contributed by atoms with Gasteiger partial charge in [0.05, 0.1) is 11.1 Å². The molecule has 0 aliphatic heterocycles. The molecule has 1 atom stereocenters. The maximum Gasteiger partial charge on any atom is 0.143 e. The molecular weight excluding hydrogens is 851 g/mol. The maximum atomic E-state index is 6.54. The Balaban J connectivity index is 0.955. The number of para-hydroxylation sites is 4. The number of nitrogens with zero attached hydrogens (tertiary/aromatic N) is 1. The van der Waals surface area contributed by atoms with Crippen LogP contribution in [0.2, 0.25) is 0 Å². The average molecular weight is 894 g/mol. The number of hydrogen-bond acceptors (Lipinski definition) is 3. The zero-order chi connectivity index (χ0) is 46.2. The second kappa shape index (κ2) is 16.0. The minimum absolute atomic E-state index is 0.620. The van der Waals surface area contributed by atoms with Gasteiger partial charge in [-0.15, -0.1) is 0 Å². The SMILES string of the molecule is c1ccc(-c2ccc(N(c3ccc(-c4cccc5c4oc4ccccc45)cc3)c3cccc4c3-c3ccccc3C4(c3ccccc3)c3ccc(-c4cccc5c4oc4ccccc45)cc3)cc2)cc1. The molecule has 3 nitrogen and oxygen atoms in total. The van der Waals surface area contributed by atoms with Crippen molar-refractivity contribution in [1.82, 2.24) is 0 Å². The molecule has 0 saturated heterocycles. The fourth-order valence-electron chi connectivity index (χ4n) is 11.5. The normalized spacial score (nSPS) is 14.1. The summed E-state index contributed by atoms with van der Waals surface area (Å²) in [6.45, 7) is 0. The van der Waals surface area contributed by atoms with Gasteiger partial charge in [-0.1, -0.05) is 218 Å². The van der Waals surface area contributed by atoms with Crippen LogP contribution in [0.15, 0.2) is 270 Å². The molecule has 0 spiro atoms. The summed E-state index contributed by atoms with van der Waals surface area (Å²) in [5, 5.41) is 4.51. The van der Waals surface area contributed by atoms with E-state index >= 15 is 0 Å². The first-order valence-corrected chi connectivity index (χ1v) is 24.0. The number of fused-ring (bicyclic) bond motifs is 9. The van der Waals surface area contributed by atoms with Gasteiger partial charge in [0.25, 0.3) is 0 Å². The van der Waals surface area contributed by atoms with Gasteiger partial charge in [-0.3, -0.25) is 0 Å². The van der Waals surface area contributed by atoms with Crippen LogP contribution in [-0.4, -0.2) is 0 Å². The fraction of sp³-hybridized carbons (Fsp3) is 0.0149. The first-order valence-electron chi connectivity index (χ1n) is 24.0. The van der Waals surface area contributed by atoms with E-state index in [2.05, 4.69) is 248 Å². The Kier molecular flexibility index (Phi) is 9.11. The second-order valence-corrected chi connectivity index (χ2v) is 18.3. The molecule has 14 rings (SSSR count). The zero-order valence-electron chi connectivity index (χ0n) is 38.1. The molecule has 1 unspecified atom stereocenters. The first kappa shape index (κ1) is 39.9. The highest BCUT2D eigenvalue weighted by Gasteiger charge is 2.47. The third-order valence-electron chi connectivity index (χ3n) is 14.6. The Morgan fingerprint density at radius 3 is 1.33 bits per heavy atom. The van der Waals surface area contributed by atoms with Crippen molar-refractivity contribution in [2.75, 3.05) is 4.90 Å². The van der Waals surface area contributed by atoms with Crippen LogP contribution in [0.4, 0.5) is 17.1 Å². The van der Waals surface area contributed by atoms with Crippen molar-refractivity contribution in [3.8, 4) is 44.5 Å². The predicted octanol–water partition coefficient (Wildman–Crippen LogP) is 18.3. The summed E-state index contributed by atoms with van der Waals surface area (Å²) in [5.74, 6) is 0. The van der Waals surface area contributed by atoms with E-state index in [9.17, 15) is 0 Å². The van der Waals surface area contributed by atoms with Crippen molar-refractivity contribution >= 4 is 60.9 Å². The van der Waals surface area contributed by atoms with Gasteiger partial charge >= 0.3 is 0 Å². The lowest BCUT2D eigenvalue weighted by atomic mass is 9.67. The molecule has 0 radical (unpaired) electrons. The summed E-state index contributed by atoms with van der Waals surface area (Å²) in [6, 6.07) is 94.3. The van der Waals surface area contributed by atoms with Crippen LogP contribution in [0.3, 0.4) is 0 Å². The first-order chi connectivity index (χ1) is 34.7. The van der Waals surface area contributed by atoms with E-state index in [-0.39, 0.29) is 0 Å². The van der Waals surface area contributed by atoms with Gasteiger partial charge < -0.3 is 13.7 Å². The molecule has 0 fully saturated rings. The van der Waals surface area contributed by atoms with E-state index in [1.807, 2.05) is 18.2 Å². The van der Waals surface area contributed by atoms with Gasteiger partial charge in [-0.05, 0) is 92.5 Å². The summed E-state index contributed by atoms with van der Waals surface area (Å²) in [4.78, 5) is 2.44. The molecule has 11 aromatic carbocycles. The van der Waals surface area contributed by atoms with Crippen LogP contribution >= 0.6 is 0 Å². The quantitative estimate of drug-likeness (QED) is 0.152. The van der Waals surface area contributed by atoms with Crippen molar-refractivity contribution in [3.05, 3.63) is 283 Å². The van der Waals surface area contributed by atoms with E-state index in [4.69, 9.17) is 8.83 Å².